The molecule has 0 radical (unpaired) electrons. The molecule has 0 fully saturated rings. The number of nitrogens with one attached hydrogen (secondary N) is 1. The Morgan fingerprint density at radius 3 is 2.62 bits per heavy atom. The molecule has 0 saturated carbocycles. The van der Waals surface area contributed by atoms with E-state index in [0.29, 0.717) is 12.0 Å². The molecule has 3 heteroatoms. The van der Waals surface area contributed by atoms with Gasteiger partial charge in [-0.15, -0.1) is 6.58 Å². The molecule has 0 saturated heterocycles. The largest absolute Gasteiger partial charge is 0.383 e. The van der Waals surface area contributed by atoms with Gasteiger partial charge >= 0.3 is 0 Å². The molecule has 0 spiro atoms. The Kier molecular flexibility index (Phi) is 9.59. The maximum Gasteiger partial charge on any atom is 0.0589 e. The minimum absolute atomic E-state index is 0.548. The first-order chi connectivity index (χ1) is 7.67. The van der Waals surface area contributed by atoms with Crippen molar-refractivity contribution >= 4 is 0 Å². The minimum atomic E-state index is 0.548. The van der Waals surface area contributed by atoms with Crippen LogP contribution >= 0.6 is 0 Å². The van der Waals surface area contributed by atoms with Gasteiger partial charge in [-0.1, -0.05) is 19.9 Å². The van der Waals surface area contributed by atoms with E-state index in [1.54, 1.807) is 7.11 Å². The maximum absolute atomic E-state index is 5.14. The predicted octanol–water partition coefficient (Wildman–Crippen LogP) is 1.75. The molecule has 0 amide bonds. The number of hydrogen-bond acceptors (Lipinski definition) is 3. The number of methoxy groups -OCH3 is 1. The zero-order valence-corrected chi connectivity index (χ0v) is 11.3. The van der Waals surface area contributed by atoms with Crippen LogP contribution in [-0.2, 0) is 4.74 Å². The van der Waals surface area contributed by atoms with Gasteiger partial charge in [-0.05, 0) is 25.9 Å². The summed E-state index contributed by atoms with van der Waals surface area (Å²) < 4.78 is 5.14. The second-order valence-electron chi connectivity index (χ2n) is 4.30. The van der Waals surface area contributed by atoms with E-state index in [2.05, 4.69) is 37.6 Å². The van der Waals surface area contributed by atoms with E-state index >= 15 is 0 Å². The van der Waals surface area contributed by atoms with E-state index < -0.39 is 0 Å². The first-order valence-corrected chi connectivity index (χ1v) is 6.21. The third-order valence-electron chi connectivity index (χ3n) is 3.06. The maximum atomic E-state index is 5.14. The van der Waals surface area contributed by atoms with E-state index in [9.17, 15) is 0 Å². The van der Waals surface area contributed by atoms with E-state index in [1.165, 1.54) is 0 Å². The molecule has 2 atom stereocenters. The van der Waals surface area contributed by atoms with E-state index in [-0.39, 0.29) is 0 Å². The van der Waals surface area contributed by atoms with Gasteiger partial charge < -0.3 is 10.1 Å². The van der Waals surface area contributed by atoms with Gasteiger partial charge in [-0.2, -0.15) is 0 Å². The second-order valence-corrected chi connectivity index (χ2v) is 4.30. The van der Waals surface area contributed by atoms with Crippen molar-refractivity contribution in [2.45, 2.75) is 26.8 Å². The van der Waals surface area contributed by atoms with E-state index in [4.69, 9.17) is 4.74 Å². The highest BCUT2D eigenvalue weighted by molar-refractivity contribution is 4.80. The van der Waals surface area contributed by atoms with Crippen molar-refractivity contribution in [3.63, 3.8) is 0 Å². The summed E-state index contributed by atoms with van der Waals surface area (Å²) in [5.74, 6) is 0.636. The van der Waals surface area contributed by atoms with Gasteiger partial charge in [-0.25, -0.2) is 0 Å². The Hall–Kier alpha value is -0.380. The van der Waals surface area contributed by atoms with Gasteiger partial charge in [0.2, 0.25) is 0 Å². The van der Waals surface area contributed by atoms with Gasteiger partial charge in [0, 0.05) is 26.2 Å². The van der Waals surface area contributed by atoms with Crippen LogP contribution in [0.5, 0.6) is 0 Å². The molecule has 0 aliphatic rings. The quantitative estimate of drug-likeness (QED) is 0.577. The predicted molar refractivity (Wildman–Crippen MR) is 70.8 cm³/mol. The Balaban J connectivity index is 4.11. The standard InChI is InChI=1S/C13H28N2O/c1-6-8-15(9-10-16-5)13(4)12(3)11-14-7-2/h6,12-14H,1,7-11H2,2-5H3. The summed E-state index contributed by atoms with van der Waals surface area (Å²) >= 11 is 0. The Morgan fingerprint density at radius 2 is 2.12 bits per heavy atom. The molecule has 0 aliphatic carbocycles. The van der Waals surface area contributed by atoms with Gasteiger partial charge in [0.05, 0.1) is 6.61 Å². The summed E-state index contributed by atoms with van der Waals surface area (Å²) in [7, 11) is 1.75. The van der Waals surface area contributed by atoms with E-state index in [1.807, 2.05) is 6.08 Å². The van der Waals surface area contributed by atoms with Crippen LogP contribution in [-0.4, -0.2) is 50.8 Å². The number of hydrogen-bond donors (Lipinski definition) is 1. The first kappa shape index (κ1) is 15.6. The van der Waals surface area contributed by atoms with Crippen LogP contribution in [0.25, 0.3) is 0 Å². The SMILES string of the molecule is C=CCN(CCOC)C(C)C(C)CNCC. The minimum Gasteiger partial charge on any atom is -0.383 e. The highest BCUT2D eigenvalue weighted by Crippen LogP contribution is 2.10. The highest BCUT2D eigenvalue weighted by Gasteiger charge is 2.18. The molecule has 1 N–H and O–H groups in total. The lowest BCUT2D eigenvalue weighted by molar-refractivity contribution is 0.113. The third-order valence-corrected chi connectivity index (χ3v) is 3.06. The zero-order chi connectivity index (χ0) is 12.4. The molecule has 0 aromatic rings. The first-order valence-electron chi connectivity index (χ1n) is 6.21. The summed E-state index contributed by atoms with van der Waals surface area (Å²) in [6.45, 7) is 15.3. The monoisotopic (exact) mass is 228 g/mol. The molecule has 0 bridgehead atoms. The smallest absolute Gasteiger partial charge is 0.0589 e. The van der Waals surface area contributed by atoms with Crippen LogP contribution in [0.3, 0.4) is 0 Å². The average Bonchev–Trinajstić information content (AvgIpc) is 2.30. The summed E-state index contributed by atoms with van der Waals surface area (Å²) in [6, 6.07) is 0.548. The Morgan fingerprint density at radius 1 is 1.44 bits per heavy atom. The van der Waals surface area contributed by atoms with Crippen LogP contribution in [0.1, 0.15) is 20.8 Å². The lowest BCUT2D eigenvalue weighted by atomic mass is 10.0. The van der Waals surface area contributed by atoms with Crippen molar-refractivity contribution < 1.29 is 4.74 Å². The molecular formula is C13H28N2O. The fraction of sp³-hybridized carbons (Fsp3) is 0.846. The molecule has 0 heterocycles. The fourth-order valence-corrected chi connectivity index (χ4v) is 1.74. The van der Waals surface area contributed by atoms with Crippen molar-refractivity contribution in [1.82, 2.24) is 10.2 Å². The molecule has 0 rings (SSSR count). The topological polar surface area (TPSA) is 24.5 Å². The normalized spacial score (nSPS) is 15.1. The summed E-state index contributed by atoms with van der Waals surface area (Å²) in [6.07, 6.45) is 1.96. The van der Waals surface area contributed by atoms with Crippen molar-refractivity contribution in [3.8, 4) is 0 Å². The van der Waals surface area contributed by atoms with Gasteiger partial charge in [-0.3, -0.25) is 4.90 Å². The summed E-state index contributed by atoms with van der Waals surface area (Å²) in [4.78, 5) is 2.42. The lowest BCUT2D eigenvalue weighted by Crippen LogP contribution is -2.42. The number of ether oxygens (including phenoxy) is 1. The molecule has 16 heavy (non-hydrogen) atoms. The van der Waals surface area contributed by atoms with Crippen LogP contribution in [0.2, 0.25) is 0 Å². The van der Waals surface area contributed by atoms with Crippen molar-refractivity contribution in [2.75, 3.05) is 39.9 Å². The van der Waals surface area contributed by atoms with Crippen LogP contribution in [0.4, 0.5) is 0 Å². The molecule has 0 aliphatic heterocycles. The van der Waals surface area contributed by atoms with Crippen molar-refractivity contribution in [2.24, 2.45) is 5.92 Å². The zero-order valence-electron chi connectivity index (χ0n) is 11.3. The van der Waals surface area contributed by atoms with Gasteiger partial charge in [0.25, 0.3) is 0 Å². The van der Waals surface area contributed by atoms with Crippen LogP contribution in [0.15, 0.2) is 12.7 Å². The van der Waals surface area contributed by atoms with Crippen LogP contribution < -0.4 is 5.32 Å². The Labute approximate surface area is 101 Å². The lowest BCUT2D eigenvalue weighted by Gasteiger charge is -2.32. The second kappa shape index (κ2) is 9.82. The number of nitrogens with zero attached hydrogens (tertiary/aromatic N) is 1. The number of rotatable bonds is 10. The molecular weight excluding hydrogens is 200 g/mol. The summed E-state index contributed by atoms with van der Waals surface area (Å²) in [5, 5.41) is 3.40. The van der Waals surface area contributed by atoms with Gasteiger partial charge in [0.15, 0.2) is 0 Å². The van der Waals surface area contributed by atoms with E-state index in [0.717, 1.165) is 32.8 Å². The molecule has 0 aromatic heterocycles. The van der Waals surface area contributed by atoms with Crippen LogP contribution in [0, 0.1) is 5.92 Å². The molecule has 0 aromatic carbocycles. The third kappa shape index (κ3) is 6.26. The summed E-state index contributed by atoms with van der Waals surface area (Å²) in [5.41, 5.74) is 0. The van der Waals surface area contributed by atoms with Crippen molar-refractivity contribution in [1.29, 1.82) is 0 Å². The average molecular weight is 228 g/mol. The molecule has 96 valence electrons. The van der Waals surface area contributed by atoms with Crippen molar-refractivity contribution in [3.05, 3.63) is 12.7 Å². The fourth-order valence-electron chi connectivity index (χ4n) is 1.74. The molecule has 3 nitrogen and oxygen atoms in total. The highest BCUT2D eigenvalue weighted by atomic mass is 16.5. The Bertz CT molecular complexity index is 173. The molecule has 2 unspecified atom stereocenters. The van der Waals surface area contributed by atoms with Gasteiger partial charge in [0.1, 0.15) is 0 Å².